The van der Waals surface area contributed by atoms with Crippen LogP contribution in [0.1, 0.15) is 56.9 Å². The maximum atomic E-state index is 12.8. The number of nitrogens with zero attached hydrogens (tertiary/aromatic N) is 1. The molecule has 0 spiro atoms. The number of piperidine rings is 1. The third kappa shape index (κ3) is 5.61. The first-order valence-electron chi connectivity index (χ1n) is 12.0. The van der Waals surface area contributed by atoms with Crippen molar-refractivity contribution in [2.24, 2.45) is 17.8 Å². The van der Waals surface area contributed by atoms with Crippen LogP contribution in [0.4, 0.5) is 0 Å². The maximum absolute atomic E-state index is 12.8. The summed E-state index contributed by atoms with van der Waals surface area (Å²) in [6, 6.07) is 6.95. The van der Waals surface area contributed by atoms with Crippen LogP contribution < -0.4 is 5.32 Å². The number of amides is 1. The molecule has 0 aromatic heterocycles. The Balaban J connectivity index is 1.21. The molecule has 6 nitrogen and oxygen atoms in total. The lowest BCUT2D eigenvalue weighted by atomic mass is 9.73. The zero-order valence-electron chi connectivity index (χ0n) is 19.0. The van der Waals surface area contributed by atoms with Crippen LogP contribution in [0.25, 0.3) is 0 Å². The van der Waals surface area contributed by atoms with Gasteiger partial charge in [0, 0.05) is 19.6 Å². The normalized spacial score (nSPS) is 25.8. The van der Waals surface area contributed by atoms with E-state index in [4.69, 9.17) is 0 Å². The van der Waals surface area contributed by atoms with E-state index in [1.807, 2.05) is 19.1 Å². The molecular weight excluding hydrogens is 424 g/mol. The molecule has 176 valence electrons. The number of carbonyl (C=O) groups excluding carboxylic acids is 1. The highest BCUT2D eigenvalue weighted by Crippen LogP contribution is 2.39. The van der Waals surface area contributed by atoms with E-state index >= 15 is 0 Å². The van der Waals surface area contributed by atoms with E-state index in [0.717, 1.165) is 17.9 Å². The summed E-state index contributed by atoms with van der Waals surface area (Å²) in [4.78, 5) is 12.8. The lowest BCUT2D eigenvalue weighted by Crippen LogP contribution is -2.43. The minimum absolute atomic E-state index is 0.228. The Morgan fingerprint density at radius 3 is 2.59 bits per heavy atom. The standard InChI is InChI=1S/C25H36N2O4S/c1-18-5-7-23(8-6-18)32(30,31)27-11-9-19(10-12-27)17-26-25(29)24(28)16-22-14-20-3-2-4-21(13-20)15-22/h5-8,14,19,21-22,24,28H,2-4,9-13,15-17H2,1H3,(H,26,29). The molecule has 2 aliphatic carbocycles. The van der Waals surface area contributed by atoms with E-state index in [-0.39, 0.29) is 11.8 Å². The van der Waals surface area contributed by atoms with Crippen molar-refractivity contribution in [2.45, 2.75) is 69.3 Å². The Hall–Kier alpha value is -1.70. The van der Waals surface area contributed by atoms with Gasteiger partial charge in [-0.05, 0) is 88.2 Å². The smallest absolute Gasteiger partial charge is 0.248 e. The number of hydrogen-bond donors (Lipinski definition) is 2. The molecule has 3 atom stereocenters. The van der Waals surface area contributed by atoms with Gasteiger partial charge in [-0.1, -0.05) is 29.3 Å². The highest BCUT2D eigenvalue weighted by molar-refractivity contribution is 7.89. The van der Waals surface area contributed by atoms with Gasteiger partial charge in [-0.15, -0.1) is 0 Å². The second-order valence-electron chi connectivity index (χ2n) is 9.94. The Morgan fingerprint density at radius 2 is 1.91 bits per heavy atom. The van der Waals surface area contributed by atoms with Crippen LogP contribution in [0.2, 0.25) is 0 Å². The van der Waals surface area contributed by atoms with Gasteiger partial charge < -0.3 is 10.4 Å². The summed E-state index contributed by atoms with van der Waals surface area (Å²) >= 11 is 0. The quantitative estimate of drug-likeness (QED) is 0.611. The molecule has 7 heteroatoms. The molecule has 4 rings (SSSR count). The van der Waals surface area contributed by atoms with Gasteiger partial charge in [0.2, 0.25) is 15.9 Å². The number of fused-ring (bicyclic) bond motifs is 2. The van der Waals surface area contributed by atoms with Crippen LogP contribution in [-0.4, -0.2) is 49.5 Å². The first-order valence-corrected chi connectivity index (χ1v) is 13.5. The second kappa shape index (κ2) is 10.1. The van der Waals surface area contributed by atoms with Crippen LogP contribution in [0.3, 0.4) is 0 Å². The average Bonchev–Trinajstić information content (AvgIpc) is 2.78. The SMILES string of the molecule is Cc1ccc(S(=O)(=O)N2CCC(CNC(=O)C(O)CC3C=C4CCCC(C4)C3)CC2)cc1. The molecule has 1 saturated carbocycles. The molecule has 0 radical (unpaired) electrons. The summed E-state index contributed by atoms with van der Waals surface area (Å²) in [6.45, 7) is 3.33. The van der Waals surface area contributed by atoms with Gasteiger partial charge in [-0.2, -0.15) is 4.31 Å². The maximum Gasteiger partial charge on any atom is 0.248 e. The van der Waals surface area contributed by atoms with Crippen molar-refractivity contribution in [3.63, 3.8) is 0 Å². The van der Waals surface area contributed by atoms with Gasteiger partial charge in [0.05, 0.1) is 4.90 Å². The minimum atomic E-state index is -3.47. The average molecular weight is 461 g/mol. The van der Waals surface area contributed by atoms with E-state index < -0.39 is 16.1 Å². The van der Waals surface area contributed by atoms with E-state index in [0.29, 0.717) is 49.7 Å². The zero-order chi connectivity index (χ0) is 22.7. The summed E-state index contributed by atoms with van der Waals surface area (Å²) in [5.74, 6) is 0.964. The van der Waals surface area contributed by atoms with Crippen molar-refractivity contribution >= 4 is 15.9 Å². The molecule has 1 aromatic carbocycles. The number of sulfonamides is 1. The first-order chi connectivity index (χ1) is 15.3. The summed E-state index contributed by atoms with van der Waals surface area (Å²) < 4.78 is 27.2. The lowest BCUT2D eigenvalue weighted by Gasteiger charge is -2.33. The Labute approximate surface area is 192 Å². The van der Waals surface area contributed by atoms with Gasteiger partial charge in [-0.25, -0.2) is 8.42 Å². The van der Waals surface area contributed by atoms with E-state index in [1.54, 1.807) is 12.1 Å². The van der Waals surface area contributed by atoms with Crippen molar-refractivity contribution < 1.29 is 18.3 Å². The molecular formula is C25H36N2O4S. The first kappa shape index (κ1) is 23.5. The molecule has 1 amide bonds. The minimum Gasteiger partial charge on any atom is -0.383 e. The van der Waals surface area contributed by atoms with E-state index in [2.05, 4.69) is 11.4 Å². The van der Waals surface area contributed by atoms with Crippen molar-refractivity contribution in [3.05, 3.63) is 41.5 Å². The molecule has 3 unspecified atom stereocenters. The fourth-order valence-corrected chi connectivity index (χ4v) is 6.98. The topological polar surface area (TPSA) is 86.7 Å². The van der Waals surface area contributed by atoms with Crippen LogP contribution in [-0.2, 0) is 14.8 Å². The molecule has 2 fully saturated rings. The summed E-state index contributed by atoms with van der Waals surface area (Å²) in [5, 5.41) is 13.3. The van der Waals surface area contributed by atoms with Gasteiger partial charge in [0.25, 0.3) is 0 Å². The van der Waals surface area contributed by atoms with Crippen LogP contribution in [0, 0.1) is 24.7 Å². The molecule has 1 heterocycles. The van der Waals surface area contributed by atoms with Crippen molar-refractivity contribution in [1.82, 2.24) is 9.62 Å². The Kier molecular flexibility index (Phi) is 7.37. The lowest BCUT2D eigenvalue weighted by molar-refractivity contribution is -0.130. The zero-order valence-corrected chi connectivity index (χ0v) is 19.8. The molecule has 2 bridgehead atoms. The number of hydrogen-bond acceptors (Lipinski definition) is 4. The highest BCUT2D eigenvalue weighted by Gasteiger charge is 2.31. The van der Waals surface area contributed by atoms with E-state index in [1.165, 1.54) is 35.6 Å². The molecule has 32 heavy (non-hydrogen) atoms. The molecule has 2 N–H and O–H groups in total. The third-order valence-corrected chi connectivity index (χ3v) is 9.31. The number of aliphatic hydroxyl groups is 1. The monoisotopic (exact) mass is 460 g/mol. The van der Waals surface area contributed by atoms with E-state index in [9.17, 15) is 18.3 Å². The number of nitrogens with one attached hydrogen (secondary N) is 1. The highest BCUT2D eigenvalue weighted by atomic mass is 32.2. The number of carbonyl (C=O) groups is 1. The third-order valence-electron chi connectivity index (χ3n) is 7.39. The molecule has 1 aromatic rings. The largest absolute Gasteiger partial charge is 0.383 e. The Bertz CT molecular complexity index is 933. The number of benzene rings is 1. The van der Waals surface area contributed by atoms with Crippen molar-refractivity contribution in [1.29, 1.82) is 0 Å². The number of rotatable bonds is 7. The summed E-state index contributed by atoms with van der Waals surface area (Å²) in [5.41, 5.74) is 2.54. The summed E-state index contributed by atoms with van der Waals surface area (Å²) in [6.07, 6.45) is 9.25. The molecule has 3 aliphatic rings. The van der Waals surface area contributed by atoms with Gasteiger partial charge >= 0.3 is 0 Å². The Morgan fingerprint density at radius 1 is 1.19 bits per heavy atom. The van der Waals surface area contributed by atoms with Crippen LogP contribution >= 0.6 is 0 Å². The second-order valence-corrected chi connectivity index (χ2v) is 11.9. The van der Waals surface area contributed by atoms with Gasteiger partial charge in [-0.3, -0.25) is 4.79 Å². The predicted octanol–water partition coefficient (Wildman–Crippen LogP) is 3.40. The summed E-state index contributed by atoms with van der Waals surface area (Å²) in [7, 11) is -3.47. The van der Waals surface area contributed by atoms with Gasteiger partial charge in [0.1, 0.15) is 6.10 Å². The molecule has 1 saturated heterocycles. The predicted molar refractivity (Wildman–Crippen MR) is 124 cm³/mol. The van der Waals surface area contributed by atoms with Crippen molar-refractivity contribution in [2.75, 3.05) is 19.6 Å². The number of allylic oxidation sites excluding steroid dienone is 2. The number of aryl methyl sites for hydroxylation is 1. The van der Waals surface area contributed by atoms with Crippen LogP contribution in [0.5, 0.6) is 0 Å². The van der Waals surface area contributed by atoms with Crippen LogP contribution in [0.15, 0.2) is 40.8 Å². The fraction of sp³-hybridized carbons (Fsp3) is 0.640. The molecule has 1 aliphatic heterocycles. The van der Waals surface area contributed by atoms with Gasteiger partial charge in [0.15, 0.2) is 0 Å². The number of aliphatic hydroxyl groups excluding tert-OH is 1. The van der Waals surface area contributed by atoms with Crippen molar-refractivity contribution in [3.8, 4) is 0 Å². The fourth-order valence-electron chi connectivity index (χ4n) is 5.51.